The number of hydrogen-bond donors (Lipinski definition) is 1. The second-order valence-corrected chi connectivity index (χ2v) is 4.93. The lowest BCUT2D eigenvalue weighted by atomic mass is 10.2. The average Bonchev–Trinajstić information content (AvgIpc) is 2.81. The number of fused-ring (bicyclic) bond motifs is 1. The molecule has 0 saturated carbocycles. The number of pyridine rings is 1. The highest BCUT2D eigenvalue weighted by Gasteiger charge is 2.12. The van der Waals surface area contributed by atoms with E-state index in [9.17, 15) is 4.79 Å². The summed E-state index contributed by atoms with van der Waals surface area (Å²) in [6, 6.07) is 10.6. The predicted molar refractivity (Wildman–Crippen MR) is 79.3 cm³/mol. The lowest BCUT2D eigenvalue weighted by Gasteiger charge is -2.06. The summed E-state index contributed by atoms with van der Waals surface area (Å²) >= 11 is 5.82. The van der Waals surface area contributed by atoms with Gasteiger partial charge in [0.25, 0.3) is 5.91 Å². The summed E-state index contributed by atoms with van der Waals surface area (Å²) in [5, 5.41) is 3.47. The van der Waals surface area contributed by atoms with Gasteiger partial charge in [0.05, 0.1) is 11.3 Å². The molecule has 5 heteroatoms. The minimum atomic E-state index is -0.191. The maximum atomic E-state index is 12.3. The molecule has 0 aliphatic carbocycles. The first-order valence-corrected chi connectivity index (χ1v) is 6.52. The first-order valence-electron chi connectivity index (χ1n) is 6.15. The van der Waals surface area contributed by atoms with Crippen molar-refractivity contribution in [2.45, 2.75) is 6.92 Å². The number of aryl methyl sites for hydroxylation is 1. The molecule has 1 N–H and O–H groups in total. The molecule has 20 heavy (non-hydrogen) atoms. The Bertz CT molecular complexity index is 777. The molecule has 2 aromatic heterocycles. The van der Waals surface area contributed by atoms with Crippen LogP contribution in [0, 0.1) is 6.92 Å². The molecule has 0 unspecified atom stereocenters. The minimum absolute atomic E-state index is 0.191. The van der Waals surface area contributed by atoms with Crippen LogP contribution < -0.4 is 5.32 Å². The van der Waals surface area contributed by atoms with Crippen molar-refractivity contribution in [3.63, 3.8) is 0 Å². The second-order valence-electron chi connectivity index (χ2n) is 4.50. The molecule has 3 aromatic rings. The van der Waals surface area contributed by atoms with Crippen LogP contribution in [0.25, 0.3) is 5.65 Å². The second kappa shape index (κ2) is 4.98. The van der Waals surface area contributed by atoms with Crippen molar-refractivity contribution in [1.82, 2.24) is 9.38 Å². The van der Waals surface area contributed by atoms with Crippen molar-refractivity contribution < 1.29 is 4.79 Å². The molecule has 0 spiro atoms. The van der Waals surface area contributed by atoms with Crippen LogP contribution in [-0.4, -0.2) is 15.3 Å². The molecular weight excluding hydrogens is 274 g/mol. The normalized spacial score (nSPS) is 10.7. The maximum absolute atomic E-state index is 12.3. The summed E-state index contributed by atoms with van der Waals surface area (Å²) in [7, 11) is 0. The van der Waals surface area contributed by atoms with Crippen molar-refractivity contribution in [3.05, 3.63) is 65.1 Å². The fourth-order valence-corrected chi connectivity index (χ4v) is 2.17. The quantitative estimate of drug-likeness (QED) is 0.783. The molecule has 0 bridgehead atoms. The number of imidazole rings is 1. The average molecular weight is 286 g/mol. The zero-order valence-corrected chi connectivity index (χ0v) is 11.6. The van der Waals surface area contributed by atoms with E-state index in [0.717, 1.165) is 5.69 Å². The maximum Gasteiger partial charge on any atom is 0.259 e. The summed E-state index contributed by atoms with van der Waals surface area (Å²) in [6.07, 6.45) is 3.75. The summed E-state index contributed by atoms with van der Waals surface area (Å²) in [5.41, 5.74) is 2.76. The van der Waals surface area contributed by atoms with Crippen molar-refractivity contribution in [2.75, 3.05) is 5.32 Å². The first kappa shape index (κ1) is 12.7. The lowest BCUT2D eigenvalue weighted by molar-refractivity contribution is 0.102. The van der Waals surface area contributed by atoms with E-state index in [1.54, 1.807) is 30.3 Å². The molecule has 0 aliphatic heterocycles. The van der Waals surface area contributed by atoms with Gasteiger partial charge in [-0.05, 0) is 43.3 Å². The zero-order valence-electron chi connectivity index (χ0n) is 10.8. The van der Waals surface area contributed by atoms with Crippen molar-refractivity contribution in [1.29, 1.82) is 0 Å². The topological polar surface area (TPSA) is 46.4 Å². The molecule has 100 valence electrons. The van der Waals surface area contributed by atoms with E-state index >= 15 is 0 Å². The van der Waals surface area contributed by atoms with E-state index in [4.69, 9.17) is 11.6 Å². The van der Waals surface area contributed by atoms with Gasteiger partial charge in [-0.3, -0.25) is 4.79 Å². The molecule has 2 heterocycles. The summed E-state index contributed by atoms with van der Waals surface area (Å²) in [4.78, 5) is 16.7. The number of hydrogen-bond acceptors (Lipinski definition) is 2. The third kappa shape index (κ3) is 2.38. The number of benzene rings is 1. The Morgan fingerprint density at radius 1 is 1.25 bits per heavy atom. The van der Waals surface area contributed by atoms with Gasteiger partial charge in [0.15, 0.2) is 0 Å². The molecule has 4 nitrogen and oxygen atoms in total. The first-order chi connectivity index (χ1) is 9.63. The Kier molecular flexibility index (Phi) is 3.16. The monoisotopic (exact) mass is 285 g/mol. The Labute approximate surface area is 121 Å². The van der Waals surface area contributed by atoms with E-state index in [1.165, 1.54) is 0 Å². The smallest absolute Gasteiger partial charge is 0.259 e. The Hall–Kier alpha value is -2.33. The van der Waals surface area contributed by atoms with Gasteiger partial charge in [0, 0.05) is 23.1 Å². The van der Waals surface area contributed by atoms with Crippen molar-refractivity contribution in [2.24, 2.45) is 0 Å². The third-order valence-electron chi connectivity index (χ3n) is 2.95. The number of nitrogens with zero attached hydrogens (tertiary/aromatic N) is 2. The molecule has 1 aromatic carbocycles. The van der Waals surface area contributed by atoms with Crippen LogP contribution in [0.1, 0.15) is 16.1 Å². The number of rotatable bonds is 2. The fraction of sp³-hybridized carbons (Fsp3) is 0.0667. The van der Waals surface area contributed by atoms with Crippen LogP contribution in [-0.2, 0) is 0 Å². The summed E-state index contributed by atoms with van der Waals surface area (Å²) in [5.74, 6) is -0.191. The third-order valence-corrected chi connectivity index (χ3v) is 3.20. The number of carbonyl (C=O) groups is 1. The van der Waals surface area contributed by atoms with E-state index < -0.39 is 0 Å². The highest BCUT2D eigenvalue weighted by molar-refractivity contribution is 6.30. The van der Waals surface area contributed by atoms with Crippen LogP contribution in [0.5, 0.6) is 0 Å². The largest absolute Gasteiger partial charge is 0.322 e. The number of aromatic nitrogens is 2. The lowest BCUT2D eigenvalue weighted by Crippen LogP contribution is -2.13. The SMILES string of the molecule is Cc1cn2cccc(C(=O)Nc3ccc(Cl)cc3)c2n1. The number of halogens is 1. The van der Waals surface area contributed by atoms with Crippen LogP contribution in [0.3, 0.4) is 0 Å². The van der Waals surface area contributed by atoms with Gasteiger partial charge in [0.1, 0.15) is 5.65 Å². The van der Waals surface area contributed by atoms with Gasteiger partial charge in [0.2, 0.25) is 0 Å². The predicted octanol–water partition coefficient (Wildman–Crippen LogP) is 3.55. The van der Waals surface area contributed by atoms with Gasteiger partial charge in [-0.25, -0.2) is 4.98 Å². The van der Waals surface area contributed by atoms with Crippen LogP contribution in [0.15, 0.2) is 48.8 Å². The molecule has 0 aliphatic rings. The summed E-state index contributed by atoms with van der Waals surface area (Å²) < 4.78 is 1.84. The Morgan fingerprint density at radius 3 is 2.75 bits per heavy atom. The van der Waals surface area contributed by atoms with Crippen LogP contribution in [0.2, 0.25) is 5.02 Å². The van der Waals surface area contributed by atoms with Crippen LogP contribution in [0.4, 0.5) is 5.69 Å². The molecule has 3 rings (SSSR count). The molecule has 1 amide bonds. The van der Waals surface area contributed by atoms with Crippen molar-refractivity contribution in [3.8, 4) is 0 Å². The van der Waals surface area contributed by atoms with E-state index in [0.29, 0.717) is 21.9 Å². The number of anilines is 1. The van der Waals surface area contributed by atoms with Gasteiger partial charge in [-0.15, -0.1) is 0 Å². The molecule has 0 fully saturated rings. The number of nitrogens with one attached hydrogen (secondary N) is 1. The van der Waals surface area contributed by atoms with Gasteiger partial charge in [-0.1, -0.05) is 11.6 Å². The van der Waals surface area contributed by atoms with Crippen molar-refractivity contribution >= 4 is 28.8 Å². The molecule has 0 saturated heterocycles. The Morgan fingerprint density at radius 2 is 2.00 bits per heavy atom. The van der Waals surface area contributed by atoms with E-state index in [1.807, 2.05) is 29.8 Å². The highest BCUT2D eigenvalue weighted by atomic mass is 35.5. The standard InChI is InChI=1S/C15H12ClN3O/c1-10-9-19-8-2-3-13(14(19)17-10)15(20)18-12-6-4-11(16)5-7-12/h2-9H,1H3,(H,18,20). The van der Waals surface area contributed by atoms with Gasteiger partial charge < -0.3 is 9.72 Å². The number of carbonyl (C=O) groups excluding carboxylic acids is 1. The fourth-order valence-electron chi connectivity index (χ4n) is 2.04. The van der Waals surface area contributed by atoms with E-state index in [-0.39, 0.29) is 5.91 Å². The van der Waals surface area contributed by atoms with Gasteiger partial charge >= 0.3 is 0 Å². The molecular formula is C15H12ClN3O. The number of amides is 1. The zero-order chi connectivity index (χ0) is 14.1. The van der Waals surface area contributed by atoms with Crippen LogP contribution >= 0.6 is 11.6 Å². The summed E-state index contributed by atoms with van der Waals surface area (Å²) in [6.45, 7) is 1.90. The minimum Gasteiger partial charge on any atom is -0.322 e. The van der Waals surface area contributed by atoms with E-state index in [2.05, 4.69) is 10.3 Å². The molecule has 0 atom stereocenters. The highest BCUT2D eigenvalue weighted by Crippen LogP contribution is 2.16. The Balaban J connectivity index is 1.94. The van der Waals surface area contributed by atoms with Gasteiger partial charge in [-0.2, -0.15) is 0 Å². The molecule has 0 radical (unpaired) electrons.